The number of nitrogens with zero attached hydrogens (tertiary/aromatic N) is 1. The number of carbonyl (C=O) groups is 2. The molecule has 3 atom stereocenters. The molecule has 1 saturated carbocycles. The maximum atomic E-state index is 13.3. The zero-order valence-corrected chi connectivity index (χ0v) is 22.8. The van der Waals surface area contributed by atoms with Crippen LogP contribution in [0.3, 0.4) is 0 Å². The van der Waals surface area contributed by atoms with Gasteiger partial charge in [-0.05, 0) is 56.3 Å². The Hall–Kier alpha value is -1.83. The van der Waals surface area contributed by atoms with Crippen LogP contribution >= 0.6 is 11.6 Å². The lowest BCUT2D eigenvalue weighted by molar-refractivity contribution is -0.129. The summed E-state index contributed by atoms with van der Waals surface area (Å²) in [5.41, 5.74) is 0.948. The van der Waals surface area contributed by atoms with Gasteiger partial charge >= 0.3 is 6.03 Å². The van der Waals surface area contributed by atoms with Crippen LogP contribution < -0.4 is 16.0 Å². The van der Waals surface area contributed by atoms with Gasteiger partial charge in [0.25, 0.3) is 0 Å². The summed E-state index contributed by atoms with van der Waals surface area (Å²) in [5.74, 6) is 0.668. The zero-order chi connectivity index (χ0) is 25.8. The van der Waals surface area contributed by atoms with E-state index in [1.54, 1.807) is 0 Å². The molecule has 1 heterocycles. The third-order valence-corrected chi connectivity index (χ3v) is 7.67. The maximum Gasteiger partial charge on any atom is 0.317 e. The van der Waals surface area contributed by atoms with Crippen molar-refractivity contribution in [1.29, 1.82) is 0 Å². The van der Waals surface area contributed by atoms with Gasteiger partial charge in [0.1, 0.15) is 6.61 Å². The summed E-state index contributed by atoms with van der Waals surface area (Å²) in [5, 5.41) is 10.1. The number of piperidine rings is 1. The van der Waals surface area contributed by atoms with Crippen LogP contribution in [0, 0.1) is 11.8 Å². The molecule has 1 aliphatic heterocycles. The first-order chi connectivity index (χ1) is 17.5. The van der Waals surface area contributed by atoms with E-state index in [0.29, 0.717) is 24.0 Å². The number of halogens is 1. The third-order valence-electron chi connectivity index (χ3n) is 7.44. The molecule has 1 unspecified atom stereocenters. The Bertz CT molecular complexity index is 818. The first-order valence-corrected chi connectivity index (χ1v) is 14.2. The molecule has 36 heavy (non-hydrogen) atoms. The topological polar surface area (TPSA) is 82.7 Å². The molecule has 1 aliphatic carbocycles. The van der Waals surface area contributed by atoms with Gasteiger partial charge in [-0.25, -0.2) is 4.79 Å². The van der Waals surface area contributed by atoms with E-state index >= 15 is 0 Å². The summed E-state index contributed by atoms with van der Waals surface area (Å²) >= 11 is 6.29. The number of nitrogens with one attached hydrogen (secondary N) is 3. The highest BCUT2D eigenvalue weighted by Gasteiger charge is 2.32. The predicted octanol–water partition coefficient (Wildman–Crippen LogP) is 4.90. The zero-order valence-electron chi connectivity index (χ0n) is 22.1. The molecule has 2 fully saturated rings. The van der Waals surface area contributed by atoms with Crippen molar-refractivity contribution in [3.05, 3.63) is 34.9 Å². The van der Waals surface area contributed by atoms with Crippen molar-refractivity contribution >= 4 is 23.5 Å². The van der Waals surface area contributed by atoms with Crippen LogP contribution in [-0.2, 0) is 9.53 Å². The monoisotopic (exact) mass is 520 g/mol. The number of urea groups is 1. The van der Waals surface area contributed by atoms with Gasteiger partial charge in [-0.1, -0.05) is 62.8 Å². The Kier molecular flexibility index (Phi) is 12.3. The van der Waals surface area contributed by atoms with Gasteiger partial charge in [-0.15, -0.1) is 0 Å². The molecule has 0 spiro atoms. The smallest absolute Gasteiger partial charge is 0.317 e. The molecular weight excluding hydrogens is 476 g/mol. The number of benzene rings is 1. The molecule has 2 aliphatic rings. The number of amides is 3. The first kappa shape index (κ1) is 28.7. The van der Waals surface area contributed by atoms with Crippen LogP contribution in [0.2, 0.25) is 5.02 Å². The minimum atomic E-state index is -0.304. The van der Waals surface area contributed by atoms with Crippen molar-refractivity contribution in [2.75, 3.05) is 39.8 Å². The second-order valence-corrected chi connectivity index (χ2v) is 10.9. The molecule has 0 aromatic heterocycles. The van der Waals surface area contributed by atoms with Gasteiger partial charge in [0.15, 0.2) is 0 Å². The summed E-state index contributed by atoms with van der Waals surface area (Å²) in [4.78, 5) is 27.5. The molecule has 1 saturated heterocycles. The number of hydrogen-bond donors (Lipinski definition) is 3. The standard InChI is InChI=1S/C28H45ClN4O3/c1-3-14-31-26(34)20-36-27(22-11-7-13-24(29)17-22)23-12-8-15-33(19-23)28(35)32-25(18-30-2)16-21-9-5-4-6-10-21/h7,11,13,17,21,23,25,27,30H,3-6,8-10,12,14-16,18-20H2,1-2H3,(H,31,34)(H,32,35)/t23-,25?,27+/m1/s1. The van der Waals surface area contributed by atoms with Gasteiger partial charge in [0.05, 0.1) is 6.10 Å². The van der Waals surface area contributed by atoms with E-state index in [1.807, 2.05) is 43.1 Å². The Morgan fingerprint density at radius 2 is 1.97 bits per heavy atom. The lowest BCUT2D eigenvalue weighted by atomic mass is 9.85. The van der Waals surface area contributed by atoms with E-state index < -0.39 is 0 Å². The molecule has 1 aromatic carbocycles. The minimum Gasteiger partial charge on any atom is -0.363 e. The Morgan fingerprint density at radius 1 is 1.17 bits per heavy atom. The Balaban J connectivity index is 1.64. The van der Waals surface area contributed by atoms with Crippen molar-refractivity contribution in [3.63, 3.8) is 0 Å². The minimum absolute atomic E-state index is 0.00120. The first-order valence-electron chi connectivity index (χ1n) is 13.8. The number of likely N-dealkylation sites (tertiary alicyclic amines) is 1. The number of rotatable bonds is 12. The van der Waals surface area contributed by atoms with Crippen LogP contribution in [0.1, 0.15) is 76.4 Å². The normalized spacial score (nSPS) is 20.5. The molecule has 3 rings (SSSR count). The summed E-state index contributed by atoms with van der Waals surface area (Å²) in [6.45, 7) is 4.75. The number of carbonyl (C=O) groups excluding carboxylic acids is 2. The predicted molar refractivity (Wildman–Crippen MR) is 145 cm³/mol. The number of hydrogen-bond acceptors (Lipinski definition) is 4. The molecule has 0 bridgehead atoms. The van der Waals surface area contributed by atoms with Crippen LogP contribution in [-0.4, -0.2) is 62.7 Å². The SMILES string of the molecule is CCCNC(=O)CO[C@@H](c1cccc(Cl)c1)[C@@H]1CCCN(C(=O)NC(CNC)CC2CCCCC2)C1. The Morgan fingerprint density at radius 3 is 2.69 bits per heavy atom. The maximum absolute atomic E-state index is 13.3. The van der Waals surface area contributed by atoms with E-state index in [9.17, 15) is 9.59 Å². The van der Waals surface area contributed by atoms with Crippen molar-refractivity contribution < 1.29 is 14.3 Å². The van der Waals surface area contributed by atoms with Crippen LogP contribution in [0.15, 0.2) is 24.3 Å². The van der Waals surface area contributed by atoms with E-state index in [1.165, 1.54) is 32.1 Å². The van der Waals surface area contributed by atoms with Gasteiger partial charge in [0, 0.05) is 43.2 Å². The summed E-state index contributed by atoms with van der Waals surface area (Å²) in [6.07, 6.45) is 9.93. The second-order valence-electron chi connectivity index (χ2n) is 10.4. The molecule has 1 aromatic rings. The molecule has 3 N–H and O–H groups in total. The van der Waals surface area contributed by atoms with Crippen molar-refractivity contribution in [2.45, 2.75) is 76.9 Å². The fourth-order valence-corrected chi connectivity index (χ4v) is 5.84. The molecule has 202 valence electrons. The van der Waals surface area contributed by atoms with E-state index in [4.69, 9.17) is 16.3 Å². The lowest BCUT2D eigenvalue weighted by Crippen LogP contribution is -2.52. The highest BCUT2D eigenvalue weighted by Crippen LogP contribution is 2.34. The van der Waals surface area contributed by atoms with Crippen molar-refractivity contribution in [1.82, 2.24) is 20.9 Å². The van der Waals surface area contributed by atoms with Gasteiger partial charge < -0.3 is 25.6 Å². The third kappa shape index (κ3) is 9.24. The van der Waals surface area contributed by atoms with Crippen molar-refractivity contribution in [3.8, 4) is 0 Å². The molecule has 3 amide bonds. The molecular formula is C28H45ClN4O3. The molecule has 7 nitrogen and oxygen atoms in total. The summed E-state index contributed by atoms with van der Waals surface area (Å²) in [6, 6.07) is 7.78. The molecule has 8 heteroatoms. The second kappa shape index (κ2) is 15.4. The highest BCUT2D eigenvalue weighted by atomic mass is 35.5. The van der Waals surface area contributed by atoms with Gasteiger partial charge in [-0.2, -0.15) is 0 Å². The van der Waals surface area contributed by atoms with Crippen LogP contribution in [0.5, 0.6) is 0 Å². The fourth-order valence-electron chi connectivity index (χ4n) is 5.64. The van der Waals surface area contributed by atoms with E-state index in [2.05, 4.69) is 16.0 Å². The summed E-state index contributed by atoms with van der Waals surface area (Å²) in [7, 11) is 1.94. The Labute approximate surface area is 222 Å². The summed E-state index contributed by atoms with van der Waals surface area (Å²) < 4.78 is 6.19. The highest BCUT2D eigenvalue weighted by molar-refractivity contribution is 6.30. The van der Waals surface area contributed by atoms with Crippen molar-refractivity contribution in [2.24, 2.45) is 11.8 Å². The van der Waals surface area contributed by atoms with Crippen LogP contribution in [0.25, 0.3) is 0 Å². The van der Waals surface area contributed by atoms with Gasteiger partial charge in [0.2, 0.25) is 5.91 Å². The quantitative estimate of drug-likeness (QED) is 0.366. The fraction of sp³-hybridized carbons (Fsp3) is 0.714. The lowest BCUT2D eigenvalue weighted by Gasteiger charge is -2.38. The number of likely N-dealkylation sites (N-methyl/N-ethyl adjacent to an activating group) is 1. The average Bonchev–Trinajstić information content (AvgIpc) is 2.88. The molecule has 0 radical (unpaired) electrons. The number of ether oxygens (including phenoxy) is 1. The van der Waals surface area contributed by atoms with E-state index in [0.717, 1.165) is 44.3 Å². The van der Waals surface area contributed by atoms with Crippen LogP contribution in [0.4, 0.5) is 4.79 Å². The van der Waals surface area contributed by atoms with Gasteiger partial charge in [-0.3, -0.25) is 4.79 Å². The van der Waals surface area contributed by atoms with E-state index in [-0.39, 0.29) is 36.6 Å². The largest absolute Gasteiger partial charge is 0.363 e. The average molecular weight is 521 g/mol.